The van der Waals surface area contributed by atoms with Crippen LogP contribution in [0.25, 0.3) is 0 Å². The Morgan fingerprint density at radius 2 is 1.76 bits per heavy atom. The number of hydrogen-bond donors (Lipinski definition) is 1. The van der Waals surface area contributed by atoms with Crippen molar-refractivity contribution in [1.29, 1.82) is 0 Å². The summed E-state index contributed by atoms with van der Waals surface area (Å²) in [6.07, 6.45) is 11.6. The van der Waals surface area contributed by atoms with Crippen molar-refractivity contribution in [2.75, 3.05) is 24.4 Å². The van der Waals surface area contributed by atoms with Gasteiger partial charge in [0.15, 0.2) is 0 Å². The summed E-state index contributed by atoms with van der Waals surface area (Å²) in [5.41, 5.74) is 6.20. The van der Waals surface area contributed by atoms with Gasteiger partial charge in [-0.2, -0.15) is 5.10 Å². The van der Waals surface area contributed by atoms with Gasteiger partial charge in [0, 0.05) is 37.5 Å². The Labute approximate surface area is 173 Å². The van der Waals surface area contributed by atoms with E-state index in [4.69, 9.17) is 0 Å². The Balaban J connectivity index is 1.67. The molecule has 1 aliphatic carbocycles. The van der Waals surface area contributed by atoms with Crippen LogP contribution in [0.15, 0.2) is 113 Å². The lowest BCUT2D eigenvalue weighted by molar-refractivity contribution is 1.02. The van der Waals surface area contributed by atoms with Crippen LogP contribution in [0.2, 0.25) is 0 Å². The Morgan fingerprint density at radius 3 is 2.45 bits per heavy atom. The summed E-state index contributed by atoms with van der Waals surface area (Å²) >= 11 is 0. The molecule has 1 aliphatic rings. The predicted molar refractivity (Wildman–Crippen MR) is 126 cm³/mol. The summed E-state index contributed by atoms with van der Waals surface area (Å²) in [6.45, 7) is 4.72. The Kier molecular flexibility index (Phi) is 6.95. The molecule has 0 aliphatic heterocycles. The highest BCUT2D eigenvalue weighted by Gasteiger charge is 2.07. The fourth-order valence-electron chi connectivity index (χ4n) is 2.96. The van der Waals surface area contributed by atoms with Crippen LogP contribution in [0.1, 0.15) is 5.56 Å². The van der Waals surface area contributed by atoms with Crippen molar-refractivity contribution in [3.63, 3.8) is 0 Å². The monoisotopic (exact) mass is 382 g/mol. The van der Waals surface area contributed by atoms with Crippen molar-refractivity contribution in [2.24, 2.45) is 10.1 Å². The van der Waals surface area contributed by atoms with Crippen molar-refractivity contribution in [2.45, 2.75) is 6.54 Å². The van der Waals surface area contributed by atoms with Gasteiger partial charge in [-0.1, -0.05) is 61.2 Å². The van der Waals surface area contributed by atoms with E-state index in [0.717, 1.165) is 34.8 Å². The molecule has 146 valence electrons. The maximum Gasteiger partial charge on any atom is 0.0649 e. The molecule has 4 heteroatoms. The lowest BCUT2D eigenvalue weighted by Gasteiger charge is -2.15. The molecular formula is C25H26N4. The molecule has 0 amide bonds. The van der Waals surface area contributed by atoms with Crippen LogP contribution in [0, 0.1) is 0 Å². The van der Waals surface area contributed by atoms with Gasteiger partial charge in [-0.15, -0.1) is 0 Å². The number of allylic oxidation sites excluding steroid dienone is 7. The summed E-state index contributed by atoms with van der Waals surface area (Å²) in [4.78, 5) is 4.32. The second-order valence-corrected chi connectivity index (χ2v) is 6.55. The van der Waals surface area contributed by atoms with Gasteiger partial charge >= 0.3 is 0 Å². The van der Waals surface area contributed by atoms with Crippen LogP contribution in [-0.2, 0) is 6.54 Å². The van der Waals surface area contributed by atoms with Gasteiger partial charge in [-0.25, -0.2) is 0 Å². The minimum absolute atomic E-state index is 0.799. The minimum atomic E-state index is 0.799. The third-order valence-electron chi connectivity index (χ3n) is 4.63. The van der Waals surface area contributed by atoms with Crippen molar-refractivity contribution in [3.05, 3.63) is 108 Å². The van der Waals surface area contributed by atoms with E-state index in [1.54, 1.807) is 13.1 Å². The topological polar surface area (TPSA) is 40.0 Å². The number of rotatable bonds is 7. The van der Waals surface area contributed by atoms with E-state index in [1.807, 2.05) is 60.8 Å². The summed E-state index contributed by atoms with van der Waals surface area (Å²) in [6, 6.07) is 18.6. The number of benzene rings is 2. The van der Waals surface area contributed by atoms with Crippen LogP contribution >= 0.6 is 0 Å². The highest BCUT2D eigenvalue weighted by molar-refractivity contribution is 6.15. The zero-order chi connectivity index (χ0) is 20.5. The molecule has 0 bridgehead atoms. The molecule has 0 heterocycles. The maximum atomic E-state index is 4.58. The third-order valence-corrected chi connectivity index (χ3v) is 4.63. The van der Waals surface area contributed by atoms with Gasteiger partial charge in [0.25, 0.3) is 0 Å². The number of nitrogens with zero attached hydrogens (tertiary/aromatic N) is 3. The lowest BCUT2D eigenvalue weighted by atomic mass is 10.00. The van der Waals surface area contributed by atoms with Crippen LogP contribution in [0.5, 0.6) is 0 Å². The largest absolute Gasteiger partial charge is 0.381 e. The Morgan fingerprint density at radius 1 is 1.03 bits per heavy atom. The van der Waals surface area contributed by atoms with Crippen molar-refractivity contribution >= 4 is 23.3 Å². The molecule has 0 radical (unpaired) electrons. The smallest absolute Gasteiger partial charge is 0.0649 e. The van der Waals surface area contributed by atoms with Crippen molar-refractivity contribution < 1.29 is 0 Å². The SMILES string of the molecule is C=CC(/C=N/N(C)c1ccc(NCc2ccccc2)cc1)=C1/C=CC=CC1=NC. The quantitative estimate of drug-likeness (QED) is 0.514. The number of nitrogens with one attached hydrogen (secondary N) is 1. The molecule has 3 rings (SSSR count). The molecule has 0 fully saturated rings. The van der Waals surface area contributed by atoms with Crippen LogP contribution in [-0.4, -0.2) is 26.0 Å². The van der Waals surface area contributed by atoms with Crippen molar-refractivity contribution in [3.8, 4) is 0 Å². The lowest BCUT2D eigenvalue weighted by Crippen LogP contribution is -2.10. The van der Waals surface area contributed by atoms with Gasteiger partial charge in [0.05, 0.1) is 17.6 Å². The van der Waals surface area contributed by atoms with Gasteiger partial charge in [0.2, 0.25) is 0 Å². The minimum Gasteiger partial charge on any atom is -0.381 e. The zero-order valence-electron chi connectivity index (χ0n) is 16.9. The summed E-state index contributed by atoms with van der Waals surface area (Å²) in [5.74, 6) is 0. The average molecular weight is 383 g/mol. The molecule has 0 atom stereocenters. The molecule has 0 spiro atoms. The molecular weight excluding hydrogens is 356 g/mol. The molecule has 4 nitrogen and oxygen atoms in total. The fourth-order valence-corrected chi connectivity index (χ4v) is 2.96. The van der Waals surface area contributed by atoms with Crippen LogP contribution in [0.4, 0.5) is 11.4 Å². The van der Waals surface area contributed by atoms with E-state index in [1.165, 1.54) is 5.56 Å². The van der Waals surface area contributed by atoms with Crippen LogP contribution < -0.4 is 10.3 Å². The first-order valence-electron chi connectivity index (χ1n) is 9.55. The molecule has 29 heavy (non-hydrogen) atoms. The van der Waals surface area contributed by atoms with E-state index >= 15 is 0 Å². The second kappa shape index (κ2) is 10.0. The van der Waals surface area contributed by atoms with Crippen LogP contribution in [0.3, 0.4) is 0 Å². The van der Waals surface area contributed by atoms with Crippen molar-refractivity contribution in [1.82, 2.24) is 0 Å². The van der Waals surface area contributed by atoms with E-state index in [2.05, 4.69) is 58.4 Å². The van der Waals surface area contributed by atoms with Gasteiger partial charge in [0.1, 0.15) is 0 Å². The number of hydrogen-bond acceptors (Lipinski definition) is 4. The molecule has 0 saturated heterocycles. The second-order valence-electron chi connectivity index (χ2n) is 6.55. The standard InChI is InChI=1S/C25H26N4/c1-4-21(24-12-8-9-13-25(24)26-2)19-28-29(3)23-16-14-22(15-17-23)27-18-20-10-6-5-7-11-20/h4-17,19,27H,1,18H2,2-3H3/b24-21+,26-25?,28-19+. The zero-order valence-corrected chi connectivity index (χ0v) is 16.9. The van der Waals surface area contributed by atoms with E-state index in [0.29, 0.717) is 0 Å². The van der Waals surface area contributed by atoms with E-state index in [9.17, 15) is 0 Å². The highest BCUT2D eigenvalue weighted by Crippen LogP contribution is 2.19. The Hall–Kier alpha value is -3.66. The summed E-state index contributed by atoms with van der Waals surface area (Å²) < 4.78 is 0. The molecule has 2 aromatic carbocycles. The predicted octanol–water partition coefficient (Wildman–Crippen LogP) is 5.40. The number of aliphatic imine (C=N–C) groups is 1. The van der Waals surface area contributed by atoms with E-state index < -0.39 is 0 Å². The van der Waals surface area contributed by atoms with Gasteiger partial charge in [-0.05, 0) is 35.9 Å². The summed E-state index contributed by atoms with van der Waals surface area (Å²) in [7, 11) is 3.72. The maximum absolute atomic E-state index is 4.58. The highest BCUT2D eigenvalue weighted by atomic mass is 15.4. The first-order chi connectivity index (χ1) is 14.2. The Bertz CT molecular complexity index is 977. The van der Waals surface area contributed by atoms with Gasteiger partial charge in [-0.3, -0.25) is 10.0 Å². The molecule has 1 N–H and O–H groups in total. The number of anilines is 2. The normalized spacial score (nSPS) is 16.3. The first kappa shape index (κ1) is 20.1. The fraction of sp³-hybridized carbons (Fsp3) is 0.120. The molecule has 0 unspecified atom stereocenters. The molecule has 0 saturated carbocycles. The molecule has 0 aromatic heterocycles. The summed E-state index contributed by atoms with van der Waals surface area (Å²) in [5, 5.41) is 9.86. The third kappa shape index (κ3) is 5.42. The average Bonchev–Trinajstić information content (AvgIpc) is 2.79. The first-order valence-corrected chi connectivity index (χ1v) is 9.55. The van der Waals surface area contributed by atoms with E-state index in [-0.39, 0.29) is 0 Å². The van der Waals surface area contributed by atoms with Gasteiger partial charge < -0.3 is 5.32 Å². The number of hydrazone groups is 1. The molecule has 2 aromatic rings.